The Bertz CT molecular complexity index is 1060. The van der Waals surface area contributed by atoms with Crippen molar-refractivity contribution in [3.05, 3.63) is 70.8 Å². The lowest BCUT2D eigenvalue weighted by Gasteiger charge is -2.20. The molecular weight excluding hydrogens is 388 g/mol. The summed E-state index contributed by atoms with van der Waals surface area (Å²) in [5.74, 6) is -1.13. The third kappa shape index (κ3) is 2.64. The van der Waals surface area contributed by atoms with Crippen molar-refractivity contribution in [3.63, 3.8) is 0 Å². The normalized spacial score (nSPS) is 26.9. The molecule has 0 unspecified atom stereocenters. The summed E-state index contributed by atoms with van der Waals surface area (Å²) in [6.07, 6.45) is 4.99. The second-order valence-electron chi connectivity index (χ2n) is 7.90. The molecule has 5 rings (SSSR count). The molecule has 2 aliphatic carbocycles. The summed E-state index contributed by atoms with van der Waals surface area (Å²) in [4.78, 5) is 40.5. The number of carbonyl (C=O) groups excluding carboxylic acids is 3. The van der Waals surface area contributed by atoms with E-state index in [1.165, 1.54) is 4.90 Å². The molecule has 1 heterocycles. The number of fused-ring (bicyclic) bond motifs is 5. The van der Waals surface area contributed by atoms with Crippen molar-refractivity contribution in [2.24, 2.45) is 23.7 Å². The molecule has 1 aliphatic heterocycles. The Kier molecular flexibility index (Phi) is 4.10. The highest BCUT2D eigenvalue weighted by Gasteiger charge is 2.59. The number of imide groups is 1. The zero-order valence-electron chi connectivity index (χ0n) is 15.8. The fourth-order valence-corrected chi connectivity index (χ4v) is 5.11. The Hall–Kier alpha value is -2.92. The number of halogens is 1. The van der Waals surface area contributed by atoms with Gasteiger partial charge in [0, 0.05) is 10.7 Å². The van der Waals surface area contributed by atoms with Crippen LogP contribution < -0.4 is 10.2 Å². The van der Waals surface area contributed by atoms with Crippen molar-refractivity contribution in [2.75, 3.05) is 10.2 Å². The Morgan fingerprint density at radius 2 is 1.66 bits per heavy atom. The number of hydrogen-bond donors (Lipinski definition) is 1. The first-order chi connectivity index (χ1) is 14.0. The van der Waals surface area contributed by atoms with E-state index >= 15 is 0 Å². The molecule has 0 radical (unpaired) electrons. The van der Waals surface area contributed by atoms with Gasteiger partial charge in [-0.1, -0.05) is 42.0 Å². The highest BCUT2D eigenvalue weighted by molar-refractivity contribution is 6.32. The van der Waals surface area contributed by atoms with Gasteiger partial charge in [0.1, 0.15) is 0 Å². The number of hydrogen-bond acceptors (Lipinski definition) is 3. The third-order valence-corrected chi connectivity index (χ3v) is 6.79. The van der Waals surface area contributed by atoms with Crippen LogP contribution in [0, 0.1) is 30.6 Å². The monoisotopic (exact) mass is 406 g/mol. The summed E-state index contributed by atoms with van der Waals surface area (Å²) in [7, 11) is 0. The van der Waals surface area contributed by atoms with Gasteiger partial charge in [-0.15, -0.1) is 0 Å². The van der Waals surface area contributed by atoms with E-state index in [4.69, 9.17) is 11.6 Å². The standard InChI is InChI=1S/C23H19ClN2O3/c1-12-16(24)6-4-7-17(12)25-21(27)15-5-2-3-8-18(15)26-22(28)19-13-9-10-14(11-13)20(19)23(26)29/h2-10,13-14,19-20H,11H2,1H3,(H,25,27)/t13-,14-,19-,20+/m0/s1. The fraction of sp³-hybridized carbons (Fsp3) is 0.261. The first-order valence-electron chi connectivity index (χ1n) is 9.69. The first kappa shape index (κ1) is 18.1. The highest BCUT2D eigenvalue weighted by Crippen LogP contribution is 2.53. The molecule has 29 heavy (non-hydrogen) atoms. The number of rotatable bonds is 3. The Balaban J connectivity index is 1.49. The van der Waals surface area contributed by atoms with E-state index in [9.17, 15) is 14.4 Å². The van der Waals surface area contributed by atoms with Crippen molar-refractivity contribution >= 4 is 40.7 Å². The molecular formula is C23H19ClN2O3. The SMILES string of the molecule is Cc1c(Cl)cccc1NC(=O)c1ccccc1N1C(=O)[C@@H]2[C@H](C1=O)[C@H]1C=C[C@H]2C1. The van der Waals surface area contributed by atoms with Gasteiger partial charge in [-0.3, -0.25) is 14.4 Å². The lowest BCUT2D eigenvalue weighted by molar-refractivity contribution is -0.123. The van der Waals surface area contributed by atoms with E-state index in [1.54, 1.807) is 42.5 Å². The van der Waals surface area contributed by atoms with Crippen LogP contribution in [0.4, 0.5) is 11.4 Å². The summed E-state index contributed by atoms with van der Waals surface area (Å²) in [5.41, 5.74) is 1.98. The van der Waals surface area contributed by atoms with Gasteiger partial charge < -0.3 is 5.32 Å². The van der Waals surface area contributed by atoms with Gasteiger partial charge in [-0.25, -0.2) is 4.90 Å². The number of amides is 3. The number of para-hydroxylation sites is 1. The van der Waals surface area contributed by atoms with Crippen LogP contribution in [0.5, 0.6) is 0 Å². The zero-order valence-corrected chi connectivity index (χ0v) is 16.5. The van der Waals surface area contributed by atoms with Gasteiger partial charge in [0.25, 0.3) is 5.91 Å². The second kappa shape index (κ2) is 6.56. The number of nitrogens with one attached hydrogen (secondary N) is 1. The van der Waals surface area contributed by atoms with Crippen LogP contribution in [0.3, 0.4) is 0 Å². The number of carbonyl (C=O) groups is 3. The zero-order chi connectivity index (χ0) is 20.3. The van der Waals surface area contributed by atoms with Crippen molar-refractivity contribution in [1.29, 1.82) is 0 Å². The largest absolute Gasteiger partial charge is 0.322 e. The van der Waals surface area contributed by atoms with Gasteiger partial charge in [0.2, 0.25) is 11.8 Å². The highest BCUT2D eigenvalue weighted by atomic mass is 35.5. The van der Waals surface area contributed by atoms with Crippen molar-refractivity contribution < 1.29 is 14.4 Å². The van der Waals surface area contributed by atoms with Crippen molar-refractivity contribution in [1.82, 2.24) is 0 Å². The summed E-state index contributed by atoms with van der Waals surface area (Å²) in [5, 5.41) is 3.41. The molecule has 3 aliphatic rings. The molecule has 1 N–H and O–H groups in total. The lowest BCUT2D eigenvalue weighted by Crippen LogP contribution is -2.34. The molecule has 2 fully saturated rings. The maximum Gasteiger partial charge on any atom is 0.257 e. The molecule has 2 bridgehead atoms. The molecule has 1 saturated carbocycles. The van der Waals surface area contributed by atoms with Crippen LogP contribution in [-0.4, -0.2) is 17.7 Å². The van der Waals surface area contributed by atoms with Gasteiger partial charge in [0.15, 0.2) is 0 Å². The van der Waals surface area contributed by atoms with Gasteiger partial charge in [0.05, 0.1) is 23.1 Å². The van der Waals surface area contributed by atoms with Crippen LogP contribution in [0.25, 0.3) is 0 Å². The van der Waals surface area contributed by atoms with Crippen molar-refractivity contribution in [3.8, 4) is 0 Å². The minimum Gasteiger partial charge on any atom is -0.322 e. The minimum atomic E-state index is -0.385. The van der Waals surface area contributed by atoms with Gasteiger partial charge in [-0.2, -0.15) is 0 Å². The number of allylic oxidation sites excluding steroid dienone is 2. The Labute approximate surface area is 173 Å². The van der Waals surface area contributed by atoms with Gasteiger partial charge >= 0.3 is 0 Å². The minimum absolute atomic E-state index is 0.126. The topological polar surface area (TPSA) is 66.5 Å². The molecule has 2 aromatic rings. The molecule has 6 heteroatoms. The Morgan fingerprint density at radius 1 is 1.00 bits per heavy atom. The number of benzene rings is 2. The van der Waals surface area contributed by atoms with E-state index in [0.717, 1.165) is 12.0 Å². The quantitative estimate of drug-likeness (QED) is 0.613. The smallest absolute Gasteiger partial charge is 0.257 e. The second-order valence-corrected chi connectivity index (χ2v) is 8.30. The first-order valence-corrected chi connectivity index (χ1v) is 10.1. The third-order valence-electron chi connectivity index (χ3n) is 6.38. The maximum absolute atomic E-state index is 13.1. The molecule has 5 nitrogen and oxygen atoms in total. The molecule has 0 spiro atoms. The van der Waals surface area contributed by atoms with Crippen molar-refractivity contribution in [2.45, 2.75) is 13.3 Å². The summed E-state index contributed by atoms with van der Waals surface area (Å²) in [6.45, 7) is 1.82. The summed E-state index contributed by atoms with van der Waals surface area (Å²) in [6, 6.07) is 12.0. The van der Waals surface area contributed by atoms with Crippen LogP contribution in [0.1, 0.15) is 22.3 Å². The molecule has 146 valence electrons. The lowest BCUT2D eigenvalue weighted by atomic mass is 9.85. The average Bonchev–Trinajstić information content (AvgIpc) is 3.39. The predicted octanol–water partition coefficient (Wildman–Crippen LogP) is 4.21. The van der Waals surface area contributed by atoms with E-state index < -0.39 is 0 Å². The van der Waals surface area contributed by atoms with Crippen LogP contribution in [0.2, 0.25) is 5.02 Å². The molecule has 0 aromatic heterocycles. The fourth-order valence-electron chi connectivity index (χ4n) is 4.93. The van der Waals surface area contributed by atoms with Gasteiger partial charge in [-0.05, 0) is 55.0 Å². The van der Waals surface area contributed by atoms with E-state index in [1.807, 2.05) is 6.92 Å². The molecule has 4 atom stereocenters. The molecule has 1 saturated heterocycles. The van der Waals surface area contributed by atoms with E-state index in [0.29, 0.717) is 16.4 Å². The van der Waals surface area contributed by atoms with Crippen LogP contribution in [-0.2, 0) is 9.59 Å². The maximum atomic E-state index is 13.1. The molecule has 3 amide bonds. The average molecular weight is 407 g/mol. The van der Waals surface area contributed by atoms with Crippen LogP contribution >= 0.6 is 11.6 Å². The number of anilines is 2. The summed E-state index contributed by atoms with van der Waals surface area (Å²) < 4.78 is 0. The summed E-state index contributed by atoms with van der Waals surface area (Å²) >= 11 is 6.15. The number of nitrogens with zero attached hydrogens (tertiary/aromatic N) is 1. The Morgan fingerprint density at radius 3 is 2.34 bits per heavy atom. The van der Waals surface area contributed by atoms with E-state index in [2.05, 4.69) is 17.5 Å². The molecule has 2 aromatic carbocycles. The predicted molar refractivity (Wildman–Crippen MR) is 111 cm³/mol. The van der Waals surface area contributed by atoms with E-state index in [-0.39, 0.29) is 47.0 Å². The van der Waals surface area contributed by atoms with Crippen LogP contribution in [0.15, 0.2) is 54.6 Å².